The van der Waals surface area contributed by atoms with E-state index >= 15 is 0 Å². The van der Waals surface area contributed by atoms with Crippen LogP contribution in [0.25, 0.3) is 0 Å². The molecular formula is C11H15FN4O. The molecule has 6 heteroatoms. The first-order valence-corrected chi connectivity index (χ1v) is 5.63. The number of halogens is 1. The predicted molar refractivity (Wildman–Crippen MR) is 61.1 cm³/mol. The summed E-state index contributed by atoms with van der Waals surface area (Å²) in [5.74, 6) is -0.145. The number of hydrogen-bond acceptors (Lipinski definition) is 4. The molecule has 0 saturated carbocycles. The molecule has 1 saturated heterocycles. The lowest BCUT2D eigenvalue weighted by molar-refractivity contribution is -0.125. The Hall–Kier alpha value is -1.72. The number of carbonyl (C=O) groups excluding carboxylic acids is 1. The molecule has 0 bridgehead atoms. The molecule has 1 N–H and O–H groups in total. The fourth-order valence-corrected chi connectivity index (χ4v) is 1.88. The fourth-order valence-electron chi connectivity index (χ4n) is 1.88. The van der Waals surface area contributed by atoms with Gasteiger partial charge in [-0.3, -0.25) is 4.79 Å². The second-order valence-corrected chi connectivity index (χ2v) is 4.03. The van der Waals surface area contributed by atoms with Gasteiger partial charge in [-0.2, -0.15) is 0 Å². The molecule has 1 aliphatic heterocycles. The zero-order valence-electron chi connectivity index (χ0n) is 9.90. The number of nitrogens with zero attached hydrogens (tertiary/aromatic N) is 3. The Morgan fingerprint density at radius 3 is 2.88 bits per heavy atom. The van der Waals surface area contributed by atoms with Crippen molar-refractivity contribution in [2.75, 3.05) is 25.0 Å². The summed E-state index contributed by atoms with van der Waals surface area (Å²) in [6, 6.07) is 0. The minimum Gasteiger partial charge on any atom is -0.359 e. The van der Waals surface area contributed by atoms with Gasteiger partial charge in [-0.25, -0.2) is 14.4 Å². The summed E-state index contributed by atoms with van der Waals surface area (Å²) in [7, 11) is 1.60. The second kappa shape index (κ2) is 4.65. The Balaban J connectivity index is 2.09. The van der Waals surface area contributed by atoms with Gasteiger partial charge in [0.1, 0.15) is 6.33 Å². The van der Waals surface area contributed by atoms with E-state index in [0.717, 1.165) is 0 Å². The van der Waals surface area contributed by atoms with Crippen LogP contribution in [0, 0.1) is 11.7 Å². The smallest absolute Gasteiger partial charge is 0.226 e. The molecule has 17 heavy (non-hydrogen) atoms. The fraction of sp³-hybridized carbons (Fsp3) is 0.545. The Morgan fingerprint density at radius 1 is 1.59 bits per heavy atom. The first-order chi connectivity index (χ1) is 8.17. The van der Waals surface area contributed by atoms with Crippen LogP contribution >= 0.6 is 0 Å². The molecule has 0 atom stereocenters. The summed E-state index contributed by atoms with van der Waals surface area (Å²) in [6.45, 7) is 2.87. The van der Waals surface area contributed by atoms with E-state index in [1.165, 1.54) is 6.33 Å². The molecule has 0 unspecified atom stereocenters. The summed E-state index contributed by atoms with van der Waals surface area (Å²) in [5.41, 5.74) is 0.415. The van der Waals surface area contributed by atoms with Crippen molar-refractivity contribution in [3.05, 3.63) is 17.8 Å². The zero-order valence-corrected chi connectivity index (χ0v) is 9.90. The highest BCUT2D eigenvalue weighted by atomic mass is 19.1. The Kier molecular flexibility index (Phi) is 3.21. The van der Waals surface area contributed by atoms with E-state index in [-0.39, 0.29) is 17.6 Å². The molecule has 2 heterocycles. The van der Waals surface area contributed by atoms with Gasteiger partial charge in [0.2, 0.25) is 5.91 Å². The van der Waals surface area contributed by atoms with Crippen LogP contribution in [0.2, 0.25) is 0 Å². The first kappa shape index (κ1) is 11.8. The SMILES string of the molecule is CCc1ncnc(N2CC(C(=O)NC)C2)c1F. The molecule has 0 spiro atoms. The van der Waals surface area contributed by atoms with Crippen molar-refractivity contribution in [3.63, 3.8) is 0 Å². The van der Waals surface area contributed by atoms with Crippen molar-refractivity contribution in [1.82, 2.24) is 15.3 Å². The van der Waals surface area contributed by atoms with Crippen LogP contribution in [-0.2, 0) is 11.2 Å². The van der Waals surface area contributed by atoms with Gasteiger partial charge in [-0.15, -0.1) is 0 Å². The topological polar surface area (TPSA) is 58.1 Å². The Morgan fingerprint density at radius 2 is 2.29 bits per heavy atom. The largest absolute Gasteiger partial charge is 0.359 e. The monoisotopic (exact) mass is 238 g/mol. The Bertz CT molecular complexity index is 431. The van der Waals surface area contributed by atoms with Crippen LogP contribution < -0.4 is 10.2 Å². The number of carbonyl (C=O) groups is 1. The molecule has 1 amide bonds. The van der Waals surface area contributed by atoms with Crippen LogP contribution in [0.4, 0.5) is 10.2 Å². The molecule has 1 aromatic rings. The van der Waals surface area contributed by atoms with Crippen molar-refractivity contribution in [2.45, 2.75) is 13.3 Å². The molecule has 92 valence electrons. The minimum atomic E-state index is -0.370. The minimum absolute atomic E-state index is 0.00794. The van der Waals surface area contributed by atoms with Gasteiger partial charge in [0, 0.05) is 20.1 Å². The average Bonchev–Trinajstić information content (AvgIpc) is 2.29. The second-order valence-electron chi connectivity index (χ2n) is 4.03. The molecule has 1 fully saturated rings. The molecule has 0 aromatic carbocycles. The van der Waals surface area contributed by atoms with Crippen molar-refractivity contribution < 1.29 is 9.18 Å². The van der Waals surface area contributed by atoms with Crippen LogP contribution in [0.15, 0.2) is 6.33 Å². The van der Waals surface area contributed by atoms with Crippen molar-refractivity contribution in [2.24, 2.45) is 5.92 Å². The van der Waals surface area contributed by atoms with Gasteiger partial charge in [-0.05, 0) is 6.42 Å². The van der Waals surface area contributed by atoms with Crippen LogP contribution in [0.5, 0.6) is 0 Å². The first-order valence-electron chi connectivity index (χ1n) is 5.63. The normalized spacial score (nSPS) is 15.6. The third-order valence-corrected chi connectivity index (χ3v) is 2.98. The van der Waals surface area contributed by atoms with Crippen LogP contribution in [0.3, 0.4) is 0 Å². The maximum Gasteiger partial charge on any atom is 0.226 e. The van der Waals surface area contributed by atoms with Gasteiger partial charge < -0.3 is 10.2 Å². The van der Waals surface area contributed by atoms with E-state index in [0.29, 0.717) is 31.0 Å². The number of rotatable bonds is 3. The van der Waals surface area contributed by atoms with Gasteiger partial charge >= 0.3 is 0 Å². The molecule has 0 aliphatic carbocycles. The lowest BCUT2D eigenvalue weighted by Crippen LogP contribution is -2.53. The van der Waals surface area contributed by atoms with Gasteiger partial charge in [0.05, 0.1) is 11.6 Å². The van der Waals surface area contributed by atoms with E-state index in [1.54, 1.807) is 11.9 Å². The van der Waals surface area contributed by atoms with Crippen molar-refractivity contribution >= 4 is 11.7 Å². The quantitative estimate of drug-likeness (QED) is 0.826. The van der Waals surface area contributed by atoms with E-state index in [1.807, 2.05) is 6.92 Å². The number of aryl methyl sites for hydroxylation is 1. The number of aromatic nitrogens is 2. The van der Waals surface area contributed by atoms with Crippen molar-refractivity contribution in [3.8, 4) is 0 Å². The third-order valence-electron chi connectivity index (χ3n) is 2.98. The van der Waals surface area contributed by atoms with Crippen LogP contribution in [0.1, 0.15) is 12.6 Å². The number of amides is 1. The number of nitrogens with one attached hydrogen (secondary N) is 1. The zero-order chi connectivity index (χ0) is 12.4. The lowest BCUT2D eigenvalue weighted by atomic mass is 9.99. The lowest BCUT2D eigenvalue weighted by Gasteiger charge is -2.38. The highest BCUT2D eigenvalue weighted by Gasteiger charge is 2.34. The van der Waals surface area contributed by atoms with E-state index < -0.39 is 0 Å². The van der Waals surface area contributed by atoms with E-state index in [4.69, 9.17) is 0 Å². The molecular weight excluding hydrogens is 223 g/mol. The van der Waals surface area contributed by atoms with E-state index in [9.17, 15) is 9.18 Å². The van der Waals surface area contributed by atoms with Crippen molar-refractivity contribution in [1.29, 1.82) is 0 Å². The van der Waals surface area contributed by atoms with Crippen LogP contribution in [-0.4, -0.2) is 36.0 Å². The molecule has 0 radical (unpaired) electrons. The van der Waals surface area contributed by atoms with Gasteiger partial charge in [-0.1, -0.05) is 6.92 Å². The van der Waals surface area contributed by atoms with E-state index in [2.05, 4.69) is 15.3 Å². The Labute approximate surface area is 99.1 Å². The molecule has 1 aromatic heterocycles. The molecule has 1 aliphatic rings. The maximum atomic E-state index is 13.9. The number of anilines is 1. The summed E-state index contributed by atoms with van der Waals surface area (Å²) < 4.78 is 13.9. The summed E-state index contributed by atoms with van der Waals surface area (Å²) >= 11 is 0. The van der Waals surface area contributed by atoms with Gasteiger partial charge in [0.25, 0.3) is 0 Å². The predicted octanol–water partition coefficient (Wildman–Crippen LogP) is 0.360. The molecule has 5 nitrogen and oxygen atoms in total. The summed E-state index contributed by atoms with van der Waals surface area (Å²) in [4.78, 5) is 20.9. The summed E-state index contributed by atoms with van der Waals surface area (Å²) in [5, 5.41) is 2.58. The highest BCUT2D eigenvalue weighted by molar-refractivity contribution is 5.81. The highest BCUT2D eigenvalue weighted by Crippen LogP contribution is 2.26. The summed E-state index contributed by atoms with van der Waals surface area (Å²) in [6.07, 6.45) is 1.90. The number of hydrogen-bond donors (Lipinski definition) is 1. The molecule has 2 rings (SSSR count). The van der Waals surface area contributed by atoms with Gasteiger partial charge in [0.15, 0.2) is 11.6 Å². The standard InChI is InChI=1S/C11H15FN4O/c1-3-8-9(12)10(15-6-14-8)16-4-7(5-16)11(17)13-2/h6-7H,3-5H2,1-2H3,(H,13,17). The third kappa shape index (κ3) is 2.07. The average molecular weight is 238 g/mol. The maximum absolute atomic E-state index is 13.9.